The Bertz CT molecular complexity index is 428. The van der Waals surface area contributed by atoms with Crippen LogP contribution >= 0.6 is 0 Å². The Morgan fingerprint density at radius 1 is 1.56 bits per heavy atom. The van der Waals surface area contributed by atoms with Crippen LogP contribution in [0.3, 0.4) is 0 Å². The SMILES string of the molecule is CCC(C)(OC)C(=O)NCc1cc(N)ccc1O. The van der Waals surface area contributed by atoms with Gasteiger partial charge in [0.05, 0.1) is 0 Å². The normalized spacial score (nSPS) is 13.9. The number of nitrogen functional groups attached to an aromatic ring is 1. The summed E-state index contributed by atoms with van der Waals surface area (Å²) in [7, 11) is 1.50. The van der Waals surface area contributed by atoms with Gasteiger partial charge in [0.2, 0.25) is 0 Å². The van der Waals surface area contributed by atoms with Gasteiger partial charge in [-0.2, -0.15) is 0 Å². The third-order valence-electron chi connectivity index (χ3n) is 3.15. The van der Waals surface area contributed by atoms with Crippen molar-refractivity contribution in [2.24, 2.45) is 0 Å². The first kappa shape index (κ1) is 14.3. The summed E-state index contributed by atoms with van der Waals surface area (Å²) in [5.74, 6) is -0.102. The number of phenolic OH excluding ortho intramolecular Hbond substituents is 1. The second-order valence-corrected chi connectivity index (χ2v) is 4.36. The number of carbonyl (C=O) groups excluding carboxylic acids is 1. The van der Waals surface area contributed by atoms with E-state index in [2.05, 4.69) is 5.32 Å². The summed E-state index contributed by atoms with van der Waals surface area (Å²) in [6.45, 7) is 3.82. The highest BCUT2D eigenvalue weighted by atomic mass is 16.5. The summed E-state index contributed by atoms with van der Waals surface area (Å²) < 4.78 is 5.19. The van der Waals surface area contributed by atoms with Crippen LogP contribution in [0.25, 0.3) is 0 Å². The van der Waals surface area contributed by atoms with Crippen LogP contribution in [0.5, 0.6) is 5.75 Å². The predicted molar refractivity (Wildman–Crippen MR) is 70.1 cm³/mol. The number of hydrogen-bond donors (Lipinski definition) is 3. The molecule has 0 fully saturated rings. The number of anilines is 1. The Balaban J connectivity index is 2.71. The quantitative estimate of drug-likeness (QED) is 0.546. The second kappa shape index (κ2) is 5.73. The van der Waals surface area contributed by atoms with Gasteiger partial charge in [0, 0.05) is 24.9 Å². The van der Waals surface area contributed by atoms with E-state index in [4.69, 9.17) is 10.5 Å². The van der Waals surface area contributed by atoms with Crippen molar-refractivity contribution >= 4 is 11.6 Å². The minimum atomic E-state index is -0.851. The first-order valence-electron chi connectivity index (χ1n) is 5.83. The molecule has 0 aliphatic heterocycles. The molecule has 0 bridgehead atoms. The summed E-state index contributed by atoms with van der Waals surface area (Å²) >= 11 is 0. The molecular formula is C13H20N2O3. The molecule has 0 aliphatic carbocycles. The molecule has 1 aromatic rings. The number of nitrogens with two attached hydrogens (primary N) is 1. The summed E-state index contributed by atoms with van der Waals surface area (Å²) in [4.78, 5) is 11.9. The molecule has 0 radical (unpaired) electrons. The van der Waals surface area contributed by atoms with Gasteiger partial charge in [-0.1, -0.05) is 6.92 Å². The summed E-state index contributed by atoms with van der Waals surface area (Å²) in [6, 6.07) is 4.74. The van der Waals surface area contributed by atoms with Gasteiger partial charge in [0.25, 0.3) is 5.91 Å². The molecule has 1 atom stereocenters. The van der Waals surface area contributed by atoms with E-state index in [1.165, 1.54) is 13.2 Å². The van der Waals surface area contributed by atoms with E-state index in [-0.39, 0.29) is 18.2 Å². The molecule has 18 heavy (non-hydrogen) atoms. The van der Waals surface area contributed by atoms with Gasteiger partial charge < -0.3 is 20.9 Å². The zero-order valence-corrected chi connectivity index (χ0v) is 11.0. The molecule has 0 saturated heterocycles. The molecule has 1 unspecified atom stereocenters. The van der Waals surface area contributed by atoms with Crippen molar-refractivity contribution in [2.45, 2.75) is 32.4 Å². The highest BCUT2D eigenvalue weighted by molar-refractivity contribution is 5.84. The first-order chi connectivity index (χ1) is 8.42. The van der Waals surface area contributed by atoms with Gasteiger partial charge in [0.1, 0.15) is 11.4 Å². The van der Waals surface area contributed by atoms with Crippen molar-refractivity contribution in [3.05, 3.63) is 23.8 Å². The molecule has 1 aromatic carbocycles. The van der Waals surface area contributed by atoms with E-state index in [9.17, 15) is 9.90 Å². The highest BCUT2D eigenvalue weighted by Crippen LogP contribution is 2.20. The fraction of sp³-hybridized carbons (Fsp3) is 0.462. The number of rotatable bonds is 5. The Morgan fingerprint density at radius 3 is 2.78 bits per heavy atom. The van der Waals surface area contributed by atoms with Gasteiger partial charge >= 0.3 is 0 Å². The van der Waals surface area contributed by atoms with Gasteiger partial charge in [-0.3, -0.25) is 4.79 Å². The Labute approximate surface area is 107 Å². The molecule has 0 spiro atoms. The Morgan fingerprint density at radius 2 is 2.22 bits per heavy atom. The molecule has 0 saturated carbocycles. The maximum atomic E-state index is 11.9. The lowest BCUT2D eigenvalue weighted by Crippen LogP contribution is -2.45. The molecule has 1 rings (SSSR count). The van der Waals surface area contributed by atoms with Crippen LogP contribution in [0.4, 0.5) is 5.69 Å². The summed E-state index contributed by atoms with van der Waals surface area (Å²) in [6.07, 6.45) is 0.568. The van der Waals surface area contributed by atoms with Crippen molar-refractivity contribution in [1.29, 1.82) is 0 Å². The lowest BCUT2D eigenvalue weighted by Gasteiger charge is -2.25. The number of aromatic hydroxyl groups is 1. The molecule has 0 heterocycles. The maximum absolute atomic E-state index is 11.9. The second-order valence-electron chi connectivity index (χ2n) is 4.36. The van der Waals surface area contributed by atoms with Crippen LogP contribution in [-0.2, 0) is 16.1 Å². The third kappa shape index (κ3) is 3.13. The summed E-state index contributed by atoms with van der Waals surface area (Å²) in [5.41, 5.74) is 5.90. The zero-order valence-electron chi connectivity index (χ0n) is 11.0. The van der Waals surface area contributed by atoms with E-state index in [1.807, 2.05) is 6.92 Å². The topological polar surface area (TPSA) is 84.6 Å². The predicted octanol–water partition coefficient (Wildman–Crippen LogP) is 1.41. The number of benzene rings is 1. The van der Waals surface area contributed by atoms with E-state index >= 15 is 0 Å². The van der Waals surface area contributed by atoms with E-state index in [0.29, 0.717) is 17.7 Å². The zero-order chi connectivity index (χ0) is 13.8. The standard InChI is InChI=1S/C13H20N2O3/c1-4-13(2,18-3)12(17)15-8-9-7-10(14)5-6-11(9)16/h5-7,16H,4,8,14H2,1-3H3,(H,15,17). The fourth-order valence-corrected chi connectivity index (χ4v) is 1.51. The highest BCUT2D eigenvalue weighted by Gasteiger charge is 2.30. The lowest BCUT2D eigenvalue weighted by molar-refractivity contribution is -0.142. The smallest absolute Gasteiger partial charge is 0.252 e. The fourth-order valence-electron chi connectivity index (χ4n) is 1.51. The van der Waals surface area contributed by atoms with Crippen molar-refractivity contribution in [3.63, 3.8) is 0 Å². The van der Waals surface area contributed by atoms with Crippen LogP contribution in [0.1, 0.15) is 25.8 Å². The number of methoxy groups -OCH3 is 1. The van der Waals surface area contributed by atoms with Gasteiger partial charge in [0.15, 0.2) is 0 Å². The van der Waals surface area contributed by atoms with Crippen LogP contribution in [0.15, 0.2) is 18.2 Å². The average Bonchev–Trinajstić information content (AvgIpc) is 2.38. The van der Waals surface area contributed by atoms with Crippen molar-refractivity contribution in [1.82, 2.24) is 5.32 Å². The minimum absolute atomic E-state index is 0.111. The third-order valence-corrected chi connectivity index (χ3v) is 3.15. The monoisotopic (exact) mass is 252 g/mol. The van der Waals surface area contributed by atoms with Crippen molar-refractivity contribution in [3.8, 4) is 5.75 Å². The molecule has 0 aliphatic rings. The Kier molecular flexibility index (Phi) is 4.55. The van der Waals surface area contributed by atoms with Crippen molar-refractivity contribution < 1.29 is 14.6 Å². The lowest BCUT2D eigenvalue weighted by atomic mass is 10.0. The number of phenols is 1. The molecule has 100 valence electrons. The van der Waals surface area contributed by atoms with E-state index in [0.717, 1.165) is 0 Å². The van der Waals surface area contributed by atoms with Crippen LogP contribution in [0, 0.1) is 0 Å². The minimum Gasteiger partial charge on any atom is -0.508 e. The average molecular weight is 252 g/mol. The number of nitrogens with one attached hydrogen (secondary N) is 1. The number of hydrogen-bond acceptors (Lipinski definition) is 4. The molecule has 1 amide bonds. The number of carbonyl (C=O) groups is 1. The maximum Gasteiger partial charge on any atom is 0.252 e. The number of ether oxygens (including phenoxy) is 1. The molecule has 5 heteroatoms. The first-order valence-corrected chi connectivity index (χ1v) is 5.83. The van der Waals surface area contributed by atoms with Gasteiger partial charge in [-0.15, -0.1) is 0 Å². The van der Waals surface area contributed by atoms with Crippen molar-refractivity contribution in [2.75, 3.05) is 12.8 Å². The molecular weight excluding hydrogens is 232 g/mol. The van der Waals surface area contributed by atoms with Gasteiger partial charge in [-0.05, 0) is 31.5 Å². The van der Waals surface area contributed by atoms with Crippen LogP contribution < -0.4 is 11.1 Å². The van der Waals surface area contributed by atoms with Crippen LogP contribution in [-0.4, -0.2) is 23.7 Å². The van der Waals surface area contributed by atoms with Crippen LogP contribution in [0.2, 0.25) is 0 Å². The molecule has 5 nitrogen and oxygen atoms in total. The van der Waals surface area contributed by atoms with E-state index < -0.39 is 5.60 Å². The van der Waals surface area contributed by atoms with E-state index in [1.54, 1.807) is 19.1 Å². The van der Waals surface area contributed by atoms with Gasteiger partial charge in [-0.25, -0.2) is 0 Å². The molecule has 4 N–H and O–H groups in total. The largest absolute Gasteiger partial charge is 0.508 e. The summed E-state index contributed by atoms with van der Waals surface area (Å²) in [5, 5.41) is 12.4. The number of amides is 1. The molecule has 0 aromatic heterocycles. The Hall–Kier alpha value is -1.75.